The van der Waals surface area contributed by atoms with Gasteiger partial charge in [0.15, 0.2) is 0 Å². The van der Waals surface area contributed by atoms with Gasteiger partial charge in [-0.25, -0.2) is 0 Å². The van der Waals surface area contributed by atoms with E-state index in [0.29, 0.717) is 48.2 Å². The van der Waals surface area contributed by atoms with Crippen molar-refractivity contribution in [1.82, 2.24) is 25.1 Å². The van der Waals surface area contributed by atoms with Crippen molar-refractivity contribution in [3.05, 3.63) is 63.8 Å². The first-order valence-corrected chi connectivity index (χ1v) is 14.6. The Labute approximate surface area is 255 Å². The quantitative estimate of drug-likeness (QED) is 0.221. The number of amides is 2. The van der Waals surface area contributed by atoms with Gasteiger partial charge in [-0.05, 0) is 60.9 Å². The molecule has 0 bridgehead atoms. The highest BCUT2D eigenvalue weighted by Gasteiger charge is 2.40. The van der Waals surface area contributed by atoms with Crippen molar-refractivity contribution in [3.63, 3.8) is 0 Å². The molecule has 1 N–H and O–H groups in total. The maximum atomic E-state index is 13.9. The van der Waals surface area contributed by atoms with E-state index in [2.05, 4.69) is 20.7 Å². The molecule has 1 aliphatic carbocycles. The summed E-state index contributed by atoms with van der Waals surface area (Å²) in [5, 5.41) is 15.7. The van der Waals surface area contributed by atoms with Crippen LogP contribution in [0.4, 0.5) is 38.0 Å². The van der Waals surface area contributed by atoms with Gasteiger partial charge >= 0.3 is 12.4 Å². The van der Waals surface area contributed by atoms with Crippen LogP contribution in [0.25, 0.3) is 0 Å². The molecule has 45 heavy (non-hydrogen) atoms. The van der Waals surface area contributed by atoms with Crippen molar-refractivity contribution < 1.29 is 35.9 Å². The highest BCUT2D eigenvalue weighted by Crippen LogP contribution is 2.44. The number of hydrogen-bond donors (Lipinski definition) is 1. The molecule has 242 valence electrons. The van der Waals surface area contributed by atoms with E-state index in [-0.39, 0.29) is 48.5 Å². The van der Waals surface area contributed by atoms with Crippen LogP contribution in [0.1, 0.15) is 60.9 Å². The van der Waals surface area contributed by atoms with E-state index >= 15 is 0 Å². The lowest BCUT2D eigenvalue weighted by molar-refractivity contribution is -0.139. The number of nitrogens with one attached hydrogen (secondary N) is 1. The molecule has 5 rings (SSSR count). The number of carbonyl (C=O) groups excluding carboxylic acids is 2. The molecule has 3 heterocycles. The molecule has 0 spiro atoms. The van der Waals surface area contributed by atoms with Crippen LogP contribution < -0.4 is 10.2 Å². The van der Waals surface area contributed by atoms with Gasteiger partial charge in [0, 0.05) is 29.9 Å². The third kappa shape index (κ3) is 6.76. The molecule has 1 aromatic heterocycles. The summed E-state index contributed by atoms with van der Waals surface area (Å²) < 4.78 is 80.3. The van der Waals surface area contributed by atoms with Crippen LogP contribution in [0.3, 0.4) is 0 Å². The van der Waals surface area contributed by atoms with Gasteiger partial charge in [-0.2, -0.15) is 31.1 Å². The van der Waals surface area contributed by atoms with Gasteiger partial charge in [0.25, 0.3) is 17.8 Å². The van der Waals surface area contributed by atoms with Crippen LogP contribution in [-0.2, 0) is 22.3 Å². The lowest BCUT2D eigenvalue weighted by atomic mass is 9.91. The fourth-order valence-corrected chi connectivity index (χ4v) is 6.19. The second kappa shape index (κ2) is 12.3. The van der Waals surface area contributed by atoms with E-state index in [9.17, 15) is 35.9 Å². The van der Waals surface area contributed by atoms with Gasteiger partial charge in [0.1, 0.15) is 0 Å². The van der Waals surface area contributed by atoms with Crippen molar-refractivity contribution >= 4 is 23.5 Å². The molecule has 0 saturated carbocycles. The van der Waals surface area contributed by atoms with E-state index in [0.717, 1.165) is 11.0 Å². The van der Waals surface area contributed by atoms with E-state index in [1.807, 2.05) is 13.0 Å². The zero-order chi connectivity index (χ0) is 32.7. The number of tetrazole rings is 1. The molecule has 2 aromatic rings. The monoisotopic (exact) mass is 637 g/mol. The number of imide groups is 1. The van der Waals surface area contributed by atoms with Crippen molar-refractivity contribution in [2.75, 3.05) is 29.9 Å². The second-order valence-corrected chi connectivity index (χ2v) is 11.6. The molecule has 1 aromatic carbocycles. The Morgan fingerprint density at radius 1 is 1.09 bits per heavy atom. The minimum absolute atomic E-state index is 0.0119. The topological polar surface area (TPSA) is 96.2 Å². The summed E-state index contributed by atoms with van der Waals surface area (Å²) in [6.07, 6.45) is -2.81. The lowest BCUT2D eigenvalue weighted by Gasteiger charge is -2.31. The zero-order valence-electron chi connectivity index (χ0n) is 25.0. The maximum Gasteiger partial charge on any atom is 0.416 e. The Morgan fingerprint density at radius 2 is 1.84 bits per heavy atom. The molecule has 15 heteroatoms. The maximum absolute atomic E-state index is 13.9. The third-order valence-electron chi connectivity index (χ3n) is 8.24. The second-order valence-electron chi connectivity index (χ2n) is 11.6. The highest BCUT2D eigenvalue weighted by atomic mass is 19.4. The van der Waals surface area contributed by atoms with Crippen LogP contribution in [0, 0.1) is 19.8 Å². The smallest absolute Gasteiger partial charge is 0.385 e. The Kier molecular flexibility index (Phi) is 8.82. The van der Waals surface area contributed by atoms with Gasteiger partial charge in [0.2, 0.25) is 0 Å². The van der Waals surface area contributed by atoms with Crippen LogP contribution >= 0.6 is 0 Å². The number of alkyl halides is 6. The average molecular weight is 638 g/mol. The first kappa shape index (κ1) is 32.2. The van der Waals surface area contributed by atoms with Gasteiger partial charge in [-0.1, -0.05) is 42.4 Å². The summed E-state index contributed by atoms with van der Waals surface area (Å²) in [7, 11) is 0. The van der Waals surface area contributed by atoms with Gasteiger partial charge < -0.3 is 10.2 Å². The number of aromatic nitrogens is 4. The van der Waals surface area contributed by atoms with Crippen molar-refractivity contribution in [1.29, 1.82) is 0 Å². The molecule has 0 saturated heterocycles. The van der Waals surface area contributed by atoms with Gasteiger partial charge in [0.05, 0.1) is 31.1 Å². The van der Waals surface area contributed by atoms with Crippen molar-refractivity contribution in [2.45, 2.75) is 71.4 Å². The number of aryl methyl sites for hydroxylation is 1. The third-order valence-corrected chi connectivity index (χ3v) is 8.24. The van der Waals surface area contributed by atoms with Crippen LogP contribution in [0.5, 0.6) is 0 Å². The van der Waals surface area contributed by atoms with E-state index in [4.69, 9.17) is 0 Å². The number of rotatable bonds is 8. The summed E-state index contributed by atoms with van der Waals surface area (Å²) in [5.74, 6) is -0.586. The Bertz CT molecular complexity index is 1570. The summed E-state index contributed by atoms with van der Waals surface area (Å²) >= 11 is 0. The fourth-order valence-electron chi connectivity index (χ4n) is 6.19. The zero-order valence-corrected chi connectivity index (χ0v) is 25.0. The molecule has 2 aliphatic heterocycles. The number of carbonyl (C=O) groups is 2. The standard InChI is InChI=1S/C30H33F6N7O2/c1-17-8-9-20-21(15-17)27(45)42(26(20)44)13-14-43-39-28(38-40-43)41(12-5-4-10-29(31,32)33)23-7-6-11-37-25-19(3)24(30(34,35)36)18(2)16-22(23)25/h4-5,8-9,16-17,23,37H,6-7,10-15H2,1-3H3/b5-4+. The minimum Gasteiger partial charge on any atom is -0.385 e. The number of fused-ring (bicyclic) bond motifs is 1. The number of benzene rings is 1. The number of halogens is 6. The fraction of sp³-hybridized carbons (Fsp3) is 0.500. The predicted octanol–water partition coefficient (Wildman–Crippen LogP) is 5.83. The summed E-state index contributed by atoms with van der Waals surface area (Å²) in [6, 6.07) is 0.869. The molecular formula is C30H33F6N7O2. The molecule has 9 nitrogen and oxygen atoms in total. The molecule has 3 aliphatic rings. The number of hydrogen-bond acceptors (Lipinski definition) is 7. The highest BCUT2D eigenvalue weighted by molar-refractivity contribution is 6.20. The van der Waals surface area contributed by atoms with Gasteiger partial charge in [-0.3, -0.25) is 14.5 Å². The van der Waals surface area contributed by atoms with Crippen LogP contribution in [0.2, 0.25) is 0 Å². The minimum atomic E-state index is -4.57. The summed E-state index contributed by atoms with van der Waals surface area (Å²) in [6.45, 7) is 5.04. The number of anilines is 2. The lowest BCUT2D eigenvalue weighted by Crippen LogP contribution is -2.35. The molecule has 0 radical (unpaired) electrons. The SMILES string of the molecule is Cc1cc2c(c(C)c1C(F)(F)F)NCCCC2N(C/C=C/CC(F)(F)F)c1nnn(CCN2C(=O)C3=C(CC(C)C=C3)C2=O)n1. The molecular weight excluding hydrogens is 604 g/mol. The Balaban J connectivity index is 1.43. The summed E-state index contributed by atoms with van der Waals surface area (Å²) in [5.41, 5.74) is 1.04. The van der Waals surface area contributed by atoms with E-state index < -0.39 is 36.3 Å². The number of nitrogens with zero attached hydrogens (tertiary/aromatic N) is 6. The first-order valence-electron chi connectivity index (χ1n) is 14.6. The number of allylic oxidation sites excluding steroid dienone is 2. The molecule has 2 amide bonds. The molecule has 0 fully saturated rings. The Hall–Kier alpha value is -4.17. The van der Waals surface area contributed by atoms with E-state index in [1.165, 1.54) is 30.8 Å². The molecule has 2 atom stereocenters. The molecule has 2 unspecified atom stereocenters. The van der Waals surface area contributed by atoms with Crippen molar-refractivity contribution in [2.24, 2.45) is 5.92 Å². The van der Waals surface area contributed by atoms with Crippen LogP contribution in [0.15, 0.2) is 41.5 Å². The first-order chi connectivity index (χ1) is 21.2. The van der Waals surface area contributed by atoms with E-state index in [1.54, 1.807) is 11.0 Å². The largest absolute Gasteiger partial charge is 0.416 e. The summed E-state index contributed by atoms with van der Waals surface area (Å²) in [4.78, 5) is 29.7. The Morgan fingerprint density at radius 3 is 2.56 bits per heavy atom. The van der Waals surface area contributed by atoms with Gasteiger partial charge in [-0.15, -0.1) is 5.10 Å². The van der Waals surface area contributed by atoms with Crippen molar-refractivity contribution in [3.8, 4) is 0 Å². The average Bonchev–Trinajstić information content (AvgIpc) is 3.41. The normalized spacial score (nSPS) is 20.5. The van der Waals surface area contributed by atoms with Crippen LogP contribution in [-0.4, -0.2) is 62.7 Å². The predicted molar refractivity (Wildman–Crippen MR) is 153 cm³/mol.